The Bertz CT molecular complexity index is 478. The molecule has 1 N–H and O–H groups in total. The van der Waals surface area contributed by atoms with Gasteiger partial charge >= 0.3 is 0 Å². The van der Waals surface area contributed by atoms with Crippen LogP contribution in [0.3, 0.4) is 0 Å². The van der Waals surface area contributed by atoms with Crippen LogP contribution in [-0.4, -0.2) is 10.1 Å². The first-order valence-electron chi connectivity index (χ1n) is 5.80. The average molecular weight is 251 g/mol. The predicted octanol–water partition coefficient (Wildman–Crippen LogP) is 2.85. The van der Waals surface area contributed by atoms with E-state index in [0.29, 0.717) is 24.3 Å². The van der Waals surface area contributed by atoms with Crippen molar-refractivity contribution in [1.82, 2.24) is 15.5 Å². The van der Waals surface area contributed by atoms with Gasteiger partial charge in [-0.25, -0.2) is 0 Å². The van der Waals surface area contributed by atoms with Crippen molar-refractivity contribution in [2.45, 2.75) is 39.8 Å². The monoisotopic (exact) mass is 251 g/mol. The lowest BCUT2D eigenvalue weighted by molar-refractivity contribution is 0.358. The molecule has 0 aliphatic heterocycles. The van der Waals surface area contributed by atoms with E-state index in [1.165, 1.54) is 9.75 Å². The van der Waals surface area contributed by atoms with Crippen LogP contribution in [-0.2, 0) is 13.0 Å². The van der Waals surface area contributed by atoms with Gasteiger partial charge in [-0.2, -0.15) is 4.98 Å². The van der Waals surface area contributed by atoms with Crippen molar-refractivity contribution >= 4 is 11.3 Å². The van der Waals surface area contributed by atoms with Crippen molar-refractivity contribution in [3.05, 3.63) is 33.6 Å². The first kappa shape index (κ1) is 12.3. The van der Waals surface area contributed by atoms with Crippen molar-refractivity contribution in [3.8, 4) is 0 Å². The first-order chi connectivity index (χ1) is 8.19. The molecule has 2 aromatic heterocycles. The minimum absolute atomic E-state index is 0.313. The molecule has 0 amide bonds. The van der Waals surface area contributed by atoms with Gasteiger partial charge in [0, 0.05) is 15.8 Å². The quantitative estimate of drug-likeness (QED) is 0.887. The molecule has 5 heteroatoms. The van der Waals surface area contributed by atoms with Gasteiger partial charge in [0.25, 0.3) is 0 Å². The largest absolute Gasteiger partial charge is 0.338 e. The Labute approximate surface area is 105 Å². The predicted molar refractivity (Wildman–Crippen MR) is 68.0 cm³/mol. The van der Waals surface area contributed by atoms with Crippen LogP contribution in [0, 0.1) is 6.92 Å². The third-order valence-corrected chi connectivity index (χ3v) is 4.00. The summed E-state index contributed by atoms with van der Waals surface area (Å²) in [5.41, 5.74) is 0. The summed E-state index contributed by atoms with van der Waals surface area (Å²) in [5.74, 6) is 1.32. The third-order valence-electron chi connectivity index (χ3n) is 2.59. The van der Waals surface area contributed by atoms with Gasteiger partial charge in [-0.1, -0.05) is 12.1 Å². The number of rotatable bonds is 5. The van der Waals surface area contributed by atoms with E-state index < -0.39 is 0 Å². The highest BCUT2D eigenvalue weighted by molar-refractivity contribution is 7.12. The summed E-state index contributed by atoms with van der Waals surface area (Å²) in [6, 6.07) is 4.68. The topological polar surface area (TPSA) is 51.0 Å². The lowest BCUT2D eigenvalue weighted by Gasteiger charge is -2.09. The van der Waals surface area contributed by atoms with E-state index in [2.05, 4.69) is 41.4 Å². The zero-order valence-corrected chi connectivity index (χ0v) is 11.2. The van der Waals surface area contributed by atoms with Crippen molar-refractivity contribution in [2.24, 2.45) is 0 Å². The number of aromatic nitrogens is 2. The highest BCUT2D eigenvalue weighted by Crippen LogP contribution is 2.23. The molecule has 0 radical (unpaired) electrons. The second-order valence-corrected chi connectivity index (χ2v) is 5.20. The van der Waals surface area contributed by atoms with E-state index in [1.54, 1.807) is 0 Å². The smallest absolute Gasteiger partial charge is 0.240 e. The molecule has 2 heterocycles. The van der Waals surface area contributed by atoms with E-state index in [9.17, 15) is 0 Å². The van der Waals surface area contributed by atoms with E-state index in [0.717, 1.165) is 6.42 Å². The molecule has 17 heavy (non-hydrogen) atoms. The fourth-order valence-electron chi connectivity index (χ4n) is 1.57. The maximum Gasteiger partial charge on any atom is 0.240 e. The maximum atomic E-state index is 5.06. The fourth-order valence-corrected chi connectivity index (χ4v) is 2.55. The van der Waals surface area contributed by atoms with Crippen LogP contribution in [0.25, 0.3) is 0 Å². The van der Waals surface area contributed by atoms with Crippen molar-refractivity contribution in [3.63, 3.8) is 0 Å². The number of nitrogens with one attached hydrogen (secondary N) is 1. The number of thiophene rings is 1. The Morgan fingerprint density at radius 3 is 2.88 bits per heavy atom. The Morgan fingerprint density at radius 1 is 1.47 bits per heavy atom. The zero-order valence-electron chi connectivity index (χ0n) is 10.4. The van der Waals surface area contributed by atoms with E-state index >= 15 is 0 Å². The van der Waals surface area contributed by atoms with Crippen LogP contribution in [0.2, 0.25) is 0 Å². The molecule has 0 fully saturated rings. The standard InChI is InChI=1S/C12H17N3OS/c1-4-10-5-6-11(17-10)8(2)13-7-12-14-9(3)15-16-12/h5-6,8,13H,4,7H2,1-3H3. The summed E-state index contributed by atoms with van der Waals surface area (Å²) in [5, 5.41) is 7.14. The van der Waals surface area contributed by atoms with E-state index in [4.69, 9.17) is 4.52 Å². The van der Waals surface area contributed by atoms with Gasteiger partial charge in [0.1, 0.15) is 0 Å². The van der Waals surface area contributed by atoms with Crippen molar-refractivity contribution in [2.75, 3.05) is 0 Å². The minimum atomic E-state index is 0.313. The van der Waals surface area contributed by atoms with Crippen LogP contribution in [0.1, 0.15) is 41.4 Å². The molecule has 0 bridgehead atoms. The summed E-state index contributed by atoms with van der Waals surface area (Å²) in [7, 11) is 0. The van der Waals surface area contributed by atoms with Crippen LogP contribution in [0.4, 0.5) is 0 Å². The van der Waals surface area contributed by atoms with Gasteiger partial charge in [-0.15, -0.1) is 11.3 Å². The molecular weight excluding hydrogens is 234 g/mol. The SMILES string of the molecule is CCc1ccc(C(C)NCc2nc(C)no2)s1. The summed E-state index contributed by atoms with van der Waals surface area (Å²) in [4.78, 5) is 6.93. The molecule has 0 spiro atoms. The number of aryl methyl sites for hydroxylation is 2. The first-order valence-corrected chi connectivity index (χ1v) is 6.62. The molecule has 0 saturated carbocycles. The van der Waals surface area contributed by atoms with Crippen molar-refractivity contribution in [1.29, 1.82) is 0 Å². The van der Waals surface area contributed by atoms with Crippen LogP contribution in [0.5, 0.6) is 0 Å². The van der Waals surface area contributed by atoms with Crippen LogP contribution in [0.15, 0.2) is 16.7 Å². The maximum absolute atomic E-state index is 5.06. The molecule has 0 aliphatic rings. The summed E-state index contributed by atoms with van der Waals surface area (Å²) < 4.78 is 5.06. The second kappa shape index (κ2) is 5.42. The third kappa shape index (κ3) is 3.14. The molecule has 1 atom stereocenters. The number of nitrogens with zero attached hydrogens (tertiary/aromatic N) is 2. The molecule has 0 aromatic carbocycles. The van der Waals surface area contributed by atoms with E-state index in [1.807, 2.05) is 18.3 Å². The molecule has 92 valence electrons. The van der Waals surface area contributed by atoms with Gasteiger partial charge in [0.15, 0.2) is 5.82 Å². The van der Waals surface area contributed by atoms with Gasteiger partial charge in [-0.05, 0) is 32.4 Å². The summed E-state index contributed by atoms with van der Waals surface area (Å²) >= 11 is 1.85. The number of hydrogen-bond acceptors (Lipinski definition) is 5. The van der Waals surface area contributed by atoms with Gasteiger partial charge in [-0.3, -0.25) is 0 Å². The van der Waals surface area contributed by atoms with Gasteiger partial charge in [0.2, 0.25) is 5.89 Å². The Balaban J connectivity index is 1.90. The Hall–Kier alpha value is -1.20. The normalized spacial score (nSPS) is 12.9. The van der Waals surface area contributed by atoms with Crippen molar-refractivity contribution < 1.29 is 4.52 Å². The number of hydrogen-bond donors (Lipinski definition) is 1. The highest BCUT2D eigenvalue weighted by atomic mass is 32.1. The van der Waals surface area contributed by atoms with Crippen LogP contribution >= 0.6 is 11.3 Å². The molecule has 0 saturated heterocycles. The molecule has 0 aliphatic carbocycles. The molecule has 2 aromatic rings. The Morgan fingerprint density at radius 2 is 2.29 bits per heavy atom. The summed E-state index contributed by atoms with van der Waals surface area (Å²) in [6.07, 6.45) is 1.10. The van der Waals surface area contributed by atoms with E-state index in [-0.39, 0.29) is 0 Å². The van der Waals surface area contributed by atoms with Gasteiger partial charge in [0.05, 0.1) is 6.54 Å². The highest BCUT2D eigenvalue weighted by Gasteiger charge is 2.09. The molecular formula is C12H17N3OS. The van der Waals surface area contributed by atoms with Crippen LogP contribution < -0.4 is 5.32 Å². The van der Waals surface area contributed by atoms with Gasteiger partial charge < -0.3 is 9.84 Å². The lowest BCUT2D eigenvalue weighted by atomic mass is 10.2. The Kier molecular flexibility index (Phi) is 3.91. The average Bonchev–Trinajstić information content (AvgIpc) is 2.94. The fraction of sp³-hybridized carbons (Fsp3) is 0.500. The molecule has 1 unspecified atom stereocenters. The summed E-state index contributed by atoms with van der Waals surface area (Å²) in [6.45, 7) is 6.76. The lowest BCUT2D eigenvalue weighted by Crippen LogP contribution is -2.17. The molecule has 4 nitrogen and oxygen atoms in total. The zero-order chi connectivity index (χ0) is 12.3. The molecule has 2 rings (SSSR count). The minimum Gasteiger partial charge on any atom is -0.338 e. The second-order valence-electron chi connectivity index (χ2n) is 4.00.